The molecular formula is C20H22N2O6. The van der Waals surface area contributed by atoms with E-state index in [-0.39, 0.29) is 11.3 Å². The summed E-state index contributed by atoms with van der Waals surface area (Å²) in [6.07, 6.45) is 1.02. The van der Waals surface area contributed by atoms with E-state index >= 15 is 0 Å². The van der Waals surface area contributed by atoms with Crippen LogP contribution in [-0.2, 0) is 9.53 Å². The summed E-state index contributed by atoms with van der Waals surface area (Å²) < 4.78 is 9.81. The van der Waals surface area contributed by atoms with Gasteiger partial charge >= 0.3 is 11.7 Å². The zero-order valence-electron chi connectivity index (χ0n) is 15.9. The smallest absolute Gasteiger partial charge is 0.338 e. The number of esters is 1. The molecule has 1 N–H and O–H groups in total. The van der Waals surface area contributed by atoms with E-state index < -0.39 is 29.1 Å². The van der Waals surface area contributed by atoms with Gasteiger partial charge in [-0.3, -0.25) is 14.9 Å². The molecule has 0 saturated heterocycles. The molecule has 0 spiro atoms. The molecule has 2 rings (SSSR count). The summed E-state index contributed by atoms with van der Waals surface area (Å²) in [4.78, 5) is 34.1. The standard InChI is InChI=1S/C20H22N2O6/c1-4-13(2)14-5-8-16(9-6-14)21-19(23)12-28-18-10-7-15(20(24)27-3)11-17(18)22(25)26/h5-11,13H,4,12H2,1-3H3,(H,21,23)/t13-/m1/s1. The maximum absolute atomic E-state index is 12.1. The highest BCUT2D eigenvalue weighted by atomic mass is 16.6. The lowest BCUT2D eigenvalue weighted by Gasteiger charge is -2.11. The van der Waals surface area contributed by atoms with Crippen molar-refractivity contribution in [3.05, 3.63) is 63.7 Å². The molecule has 8 nitrogen and oxygen atoms in total. The number of carbonyl (C=O) groups is 2. The number of nitro groups is 1. The van der Waals surface area contributed by atoms with Crippen molar-refractivity contribution < 1.29 is 24.0 Å². The van der Waals surface area contributed by atoms with Gasteiger partial charge in [-0.2, -0.15) is 0 Å². The number of nitrogens with one attached hydrogen (secondary N) is 1. The van der Waals surface area contributed by atoms with Gasteiger partial charge in [-0.1, -0.05) is 26.0 Å². The monoisotopic (exact) mass is 386 g/mol. The zero-order valence-corrected chi connectivity index (χ0v) is 15.9. The average molecular weight is 386 g/mol. The Morgan fingerprint density at radius 2 is 1.86 bits per heavy atom. The van der Waals surface area contributed by atoms with Crippen LogP contribution in [0.4, 0.5) is 11.4 Å². The molecule has 2 aromatic rings. The van der Waals surface area contributed by atoms with E-state index in [0.29, 0.717) is 11.6 Å². The minimum Gasteiger partial charge on any atom is -0.477 e. The minimum atomic E-state index is -0.701. The Morgan fingerprint density at radius 3 is 2.43 bits per heavy atom. The van der Waals surface area contributed by atoms with Crippen LogP contribution in [0.5, 0.6) is 5.75 Å². The lowest BCUT2D eigenvalue weighted by atomic mass is 9.99. The van der Waals surface area contributed by atoms with Gasteiger partial charge in [0.1, 0.15) is 0 Å². The molecule has 0 heterocycles. The summed E-state index contributed by atoms with van der Waals surface area (Å²) in [6, 6.07) is 11.1. The van der Waals surface area contributed by atoms with Gasteiger partial charge in [0.25, 0.3) is 5.91 Å². The molecule has 0 unspecified atom stereocenters. The number of anilines is 1. The van der Waals surface area contributed by atoms with Crippen LogP contribution in [0.15, 0.2) is 42.5 Å². The van der Waals surface area contributed by atoms with Gasteiger partial charge in [-0.25, -0.2) is 4.79 Å². The van der Waals surface area contributed by atoms with Crippen LogP contribution in [0.25, 0.3) is 0 Å². The number of methoxy groups -OCH3 is 1. The van der Waals surface area contributed by atoms with E-state index in [0.717, 1.165) is 12.5 Å². The van der Waals surface area contributed by atoms with Gasteiger partial charge < -0.3 is 14.8 Å². The number of hydrogen-bond acceptors (Lipinski definition) is 6. The highest BCUT2D eigenvalue weighted by Gasteiger charge is 2.20. The molecule has 0 aliphatic rings. The van der Waals surface area contributed by atoms with Crippen LogP contribution in [0, 0.1) is 10.1 Å². The van der Waals surface area contributed by atoms with E-state index in [1.165, 1.54) is 24.8 Å². The molecule has 0 fully saturated rings. The fraction of sp³-hybridized carbons (Fsp3) is 0.300. The molecule has 0 saturated carbocycles. The van der Waals surface area contributed by atoms with Gasteiger partial charge in [0, 0.05) is 11.8 Å². The van der Waals surface area contributed by atoms with Crippen LogP contribution in [0.3, 0.4) is 0 Å². The third kappa shape index (κ3) is 5.29. The Hall–Kier alpha value is -3.42. The molecule has 148 valence electrons. The Morgan fingerprint density at radius 1 is 1.18 bits per heavy atom. The maximum atomic E-state index is 12.1. The predicted molar refractivity (Wildman–Crippen MR) is 104 cm³/mol. The first-order valence-corrected chi connectivity index (χ1v) is 8.75. The normalized spacial score (nSPS) is 11.4. The third-order valence-electron chi connectivity index (χ3n) is 4.31. The quantitative estimate of drug-likeness (QED) is 0.419. The number of nitrogens with zero attached hydrogens (tertiary/aromatic N) is 1. The van der Waals surface area contributed by atoms with E-state index in [1.807, 2.05) is 12.1 Å². The van der Waals surface area contributed by atoms with Gasteiger partial charge in [0.05, 0.1) is 17.6 Å². The minimum absolute atomic E-state index is 0.0207. The highest BCUT2D eigenvalue weighted by Crippen LogP contribution is 2.28. The van der Waals surface area contributed by atoms with Crippen molar-refractivity contribution in [2.24, 2.45) is 0 Å². The Labute approximate surface area is 162 Å². The first-order valence-electron chi connectivity index (χ1n) is 8.75. The molecule has 0 aliphatic carbocycles. The van der Waals surface area contributed by atoms with Crippen molar-refractivity contribution in [3.63, 3.8) is 0 Å². The third-order valence-corrected chi connectivity index (χ3v) is 4.31. The number of ether oxygens (including phenoxy) is 2. The van der Waals surface area contributed by atoms with Crippen molar-refractivity contribution >= 4 is 23.3 Å². The van der Waals surface area contributed by atoms with Crippen LogP contribution < -0.4 is 10.1 Å². The van der Waals surface area contributed by atoms with E-state index in [4.69, 9.17) is 4.74 Å². The number of benzene rings is 2. The van der Waals surface area contributed by atoms with Crippen molar-refractivity contribution in [2.75, 3.05) is 19.0 Å². The molecule has 28 heavy (non-hydrogen) atoms. The van der Waals surface area contributed by atoms with Crippen molar-refractivity contribution in [3.8, 4) is 5.75 Å². The van der Waals surface area contributed by atoms with Gasteiger partial charge in [0.15, 0.2) is 12.4 Å². The molecule has 0 radical (unpaired) electrons. The summed E-state index contributed by atoms with van der Waals surface area (Å²) in [7, 11) is 1.18. The molecule has 1 amide bonds. The summed E-state index contributed by atoms with van der Waals surface area (Å²) in [5, 5.41) is 13.9. The molecule has 1 atom stereocenters. The summed E-state index contributed by atoms with van der Waals surface area (Å²) in [5.74, 6) is -0.836. The highest BCUT2D eigenvalue weighted by molar-refractivity contribution is 5.92. The van der Waals surface area contributed by atoms with Crippen molar-refractivity contribution in [1.82, 2.24) is 0 Å². The fourth-order valence-electron chi connectivity index (χ4n) is 2.50. The second kappa shape index (κ2) is 9.50. The van der Waals surface area contributed by atoms with Crippen LogP contribution in [-0.4, -0.2) is 30.5 Å². The summed E-state index contributed by atoms with van der Waals surface area (Å²) in [6.45, 7) is 3.82. The number of carbonyl (C=O) groups excluding carboxylic acids is 2. The molecule has 0 aromatic heterocycles. The van der Waals surface area contributed by atoms with Gasteiger partial charge in [0.2, 0.25) is 0 Å². The fourth-order valence-corrected chi connectivity index (χ4v) is 2.50. The maximum Gasteiger partial charge on any atom is 0.338 e. The number of amides is 1. The molecule has 8 heteroatoms. The van der Waals surface area contributed by atoms with E-state index in [2.05, 4.69) is 23.9 Å². The zero-order chi connectivity index (χ0) is 20.7. The summed E-state index contributed by atoms with van der Waals surface area (Å²) >= 11 is 0. The Balaban J connectivity index is 2.02. The van der Waals surface area contributed by atoms with Crippen molar-refractivity contribution in [2.45, 2.75) is 26.2 Å². The second-order valence-corrected chi connectivity index (χ2v) is 6.20. The molecule has 0 aliphatic heterocycles. The molecule has 2 aromatic carbocycles. The average Bonchev–Trinajstić information content (AvgIpc) is 2.71. The molecular weight excluding hydrogens is 364 g/mol. The lowest BCUT2D eigenvalue weighted by molar-refractivity contribution is -0.385. The second-order valence-electron chi connectivity index (χ2n) is 6.20. The summed E-state index contributed by atoms with van der Waals surface area (Å²) in [5.41, 5.74) is 1.38. The number of nitro benzene ring substituents is 1. The van der Waals surface area contributed by atoms with E-state index in [9.17, 15) is 19.7 Å². The van der Waals surface area contributed by atoms with Crippen LogP contribution >= 0.6 is 0 Å². The molecule has 0 bridgehead atoms. The Bertz CT molecular complexity index is 863. The van der Waals surface area contributed by atoms with Gasteiger partial charge in [-0.15, -0.1) is 0 Å². The Kier molecular flexibility index (Phi) is 7.08. The largest absolute Gasteiger partial charge is 0.477 e. The van der Waals surface area contributed by atoms with Crippen LogP contribution in [0.1, 0.15) is 42.1 Å². The van der Waals surface area contributed by atoms with Crippen LogP contribution in [0.2, 0.25) is 0 Å². The predicted octanol–water partition coefficient (Wildman–Crippen LogP) is 3.91. The number of rotatable bonds is 8. The lowest BCUT2D eigenvalue weighted by Crippen LogP contribution is -2.20. The SMILES string of the molecule is CC[C@@H](C)c1ccc(NC(=O)COc2ccc(C(=O)OC)cc2[N+](=O)[O-])cc1. The first kappa shape index (κ1) is 20.9. The number of hydrogen-bond donors (Lipinski definition) is 1. The first-order chi connectivity index (χ1) is 13.3. The van der Waals surface area contributed by atoms with E-state index in [1.54, 1.807) is 12.1 Å². The van der Waals surface area contributed by atoms with Gasteiger partial charge in [-0.05, 0) is 42.2 Å². The van der Waals surface area contributed by atoms with Crippen molar-refractivity contribution in [1.29, 1.82) is 0 Å². The topological polar surface area (TPSA) is 108 Å².